The van der Waals surface area contributed by atoms with E-state index in [9.17, 15) is 33.4 Å². The molecule has 186 valence electrons. The van der Waals surface area contributed by atoms with Crippen LogP contribution in [0.3, 0.4) is 0 Å². The first-order valence-corrected chi connectivity index (χ1v) is 13.3. The second kappa shape index (κ2) is 9.80. The quantitative estimate of drug-likeness (QED) is 0.130. The van der Waals surface area contributed by atoms with Crippen molar-refractivity contribution in [2.45, 2.75) is 43.3 Å². The number of nitrogen functional groups attached to an aromatic ring is 1. The number of phosphoric acid groups is 3. The highest BCUT2D eigenvalue weighted by Crippen LogP contribution is 2.66. The fourth-order valence-corrected chi connectivity index (χ4v) is 6.29. The minimum Gasteiger partial charge on any atom is -0.387 e. The minimum absolute atomic E-state index is 0.228. The van der Waals surface area contributed by atoms with Gasteiger partial charge < -0.3 is 35.2 Å². The van der Waals surface area contributed by atoms with Crippen LogP contribution >= 0.6 is 35.1 Å². The molecule has 0 amide bonds. The van der Waals surface area contributed by atoms with Crippen molar-refractivity contribution >= 4 is 40.9 Å². The maximum absolute atomic E-state index is 12.2. The van der Waals surface area contributed by atoms with Gasteiger partial charge in [0.25, 0.3) is 0 Å². The number of aromatic nitrogens is 3. The summed E-state index contributed by atoms with van der Waals surface area (Å²) in [5.74, 6) is 4.65. The minimum atomic E-state index is -5.77. The third-order valence-corrected chi connectivity index (χ3v) is 8.27. The number of hydrogen-bond acceptors (Lipinski definition) is 12. The van der Waals surface area contributed by atoms with Gasteiger partial charge >= 0.3 is 29.2 Å². The maximum atomic E-state index is 12.2. The summed E-state index contributed by atoms with van der Waals surface area (Å²) >= 11 is 6.41. The van der Waals surface area contributed by atoms with Crippen LogP contribution in [0.1, 0.15) is 20.1 Å². The zero-order valence-corrected chi connectivity index (χ0v) is 20.0. The molecule has 3 unspecified atom stereocenters. The van der Waals surface area contributed by atoms with Gasteiger partial charge in [0.1, 0.15) is 18.0 Å². The van der Waals surface area contributed by atoms with Crippen LogP contribution in [0.25, 0.3) is 0 Å². The predicted molar refractivity (Wildman–Crippen MR) is 107 cm³/mol. The fraction of sp³-hybridized carbons (Fsp3) is 0.583. The Morgan fingerprint density at radius 1 is 1.27 bits per heavy atom. The van der Waals surface area contributed by atoms with Crippen LogP contribution in [0.15, 0.2) is 11.0 Å². The zero-order chi connectivity index (χ0) is 25.4. The van der Waals surface area contributed by atoms with Gasteiger partial charge in [-0.05, 0) is 13.8 Å². The summed E-state index contributed by atoms with van der Waals surface area (Å²) in [4.78, 5) is 49.6. The first-order valence-electron chi connectivity index (χ1n) is 8.40. The van der Waals surface area contributed by atoms with Gasteiger partial charge in [0.05, 0.1) is 12.3 Å². The van der Waals surface area contributed by atoms with E-state index in [1.54, 1.807) is 0 Å². The van der Waals surface area contributed by atoms with Crippen molar-refractivity contribution in [1.82, 2.24) is 14.8 Å². The number of aliphatic hydroxyl groups excluding tert-OH is 1. The lowest BCUT2D eigenvalue weighted by Gasteiger charge is -2.26. The van der Waals surface area contributed by atoms with Crippen molar-refractivity contribution in [3.05, 3.63) is 16.7 Å². The smallest absolute Gasteiger partial charge is 0.387 e. The van der Waals surface area contributed by atoms with Crippen LogP contribution in [0.4, 0.5) is 5.82 Å². The van der Waals surface area contributed by atoms with E-state index in [2.05, 4.69) is 35.1 Å². The van der Waals surface area contributed by atoms with Crippen molar-refractivity contribution < 1.29 is 56.3 Å². The van der Waals surface area contributed by atoms with Gasteiger partial charge in [0, 0.05) is 0 Å². The van der Waals surface area contributed by atoms with Crippen LogP contribution in [0, 0.1) is 11.8 Å². The number of phosphoric ester groups is 1. The SMILES string of the molecule is CC#CC1(Cl)[C@@H](O)[C@@H]([C@@H](C)OP(=O)(O)OP(=O)(O)OP(=O)(O)O)O[C@H]1n1ncc(N)nc1=O. The summed E-state index contributed by atoms with van der Waals surface area (Å²) in [6, 6.07) is 0. The molecule has 2 rings (SSSR count). The van der Waals surface area contributed by atoms with Crippen LogP contribution in [-0.4, -0.2) is 62.6 Å². The zero-order valence-electron chi connectivity index (χ0n) is 16.5. The van der Waals surface area contributed by atoms with Crippen molar-refractivity contribution in [3.8, 4) is 11.8 Å². The molecular weight excluding hydrogens is 537 g/mol. The van der Waals surface area contributed by atoms with Gasteiger partial charge in [-0.2, -0.15) is 23.4 Å². The summed E-state index contributed by atoms with van der Waals surface area (Å²) in [5.41, 5.74) is 4.35. The highest BCUT2D eigenvalue weighted by molar-refractivity contribution is 7.66. The Balaban J connectivity index is 2.31. The standard InChI is InChI=1S/C12H18ClN4O13P3/c1-3-4-12(13)9(18)8(27-10(12)17-11(19)16-7(14)5-15-17)6(2)28-32(23,24)30-33(25,26)29-31(20,21)22/h5-6,8-10,18H,1-2H3,(H,23,24)(H,25,26)(H2,14,16,19)(H2,20,21,22)/t6-,8-,9+,10-,12?/m1/s1. The number of aliphatic hydroxyl groups is 1. The first kappa shape index (κ1) is 28.0. The van der Waals surface area contributed by atoms with Gasteiger partial charge in [-0.25, -0.2) is 18.5 Å². The van der Waals surface area contributed by atoms with Crippen molar-refractivity contribution in [3.63, 3.8) is 0 Å². The highest BCUT2D eigenvalue weighted by atomic mass is 35.5. The third-order valence-electron chi connectivity index (χ3n) is 3.84. The lowest BCUT2D eigenvalue weighted by molar-refractivity contribution is -0.0785. The van der Waals surface area contributed by atoms with Crippen molar-refractivity contribution in [1.29, 1.82) is 0 Å². The number of alkyl halides is 1. The molecule has 1 fully saturated rings. The molecule has 1 aromatic heterocycles. The summed E-state index contributed by atoms with van der Waals surface area (Å²) in [6.45, 7) is 2.40. The molecule has 0 radical (unpaired) electrons. The average Bonchev–Trinajstić information content (AvgIpc) is 2.83. The molecule has 1 aromatic rings. The van der Waals surface area contributed by atoms with Gasteiger partial charge in [-0.1, -0.05) is 17.5 Å². The molecule has 1 aliphatic rings. The third kappa shape index (κ3) is 6.91. The molecule has 33 heavy (non-hydrogen) atoms. The van der Waals surface area contributed by atoms with Gasteiger partial charge in [0.15, 0.2) is 11.1 Å². The van der Waals surface area contributed by atoms with Crippen LogP contribution in [-0.2, 0) is 31.6 Å². The molecule has 2 heterocycles. The average molecular weight is 555 g/mol. The van der Waals surface area contributed by atoms with E-state index in [0.29, 0.717) is 4.68 Å². The Kier molecular flexibility index (Phi) is 8.33. The molecule has 17 nitrogen and oxygen atoms in total. The van der Waals surface area contributed by atoms with E-state index in [1.807, 2.05) is 0 Å². The topological polar surface area (TPSA) is 263 Å². The normalized spacial score (nSPS) is 30.0. The molecule has 21 heteroatoms. The number of nitrogens with zero attached hydrogens (tertiary/aromatic N) is 3. The summed E-state index contributed by atoms with van der Waals surface area (Å²) in [5, 5.41) is 14.4. The highest BCUT2D eigenvalue weighted by Gasteiger charge is 2.59. The fourth-order valence-electron chi connectivity index (χ4n) is 2.73. The van der Waals surface area contributed by atoms with E-state index in [0.717, 1.165) is 13.1 Å². The van der Waals surface area contributed by atoms with Gasteiger partial charge in [-0.3, -0.25) is 4.52 Å². The molecule has 0 bridgehead atoms. The van der Waals surface area contributed by atoms with Gasteiger partial charge in [-0.15, -0.1) is 5.92 Å². The molecule has 0 aliphatic carbocycles. The number of halogens is 1. The summed E-state index contributed by atoms with van der Waals surface area (Å²) < 4.78 is 52.2. The van der Waals surface area contributed by atoms with Crippen molar-refractivity contribution in [2.75, 3.05) is 5.73 Å². The van der Waals surface area contributed by atoms with E-state index in [4.69, 9.17) is 31.9 Å². The van der Waals surface area contributed by atoms with Crippen LogP contribution in [0.2, 0.25) is 0 Å². The van der Waals surface area contributed by atoms with E-state index >= 15 is 0 Å². The Morgan fingerprint density at radius 2 is 1.88 bits per heavy atom. The Morgan fingerprint density at radius 3 is 2.39 bits per heavy atom. The van der Waals surface area contributed by atoms with Crippen LogP contribution < -0.4 is 11.4 Å². The Bertz CT molecular complexity index is 1160. The van der Waals surface area contributed by atoms with Gasteiger partial charge in [0.2, 0.25) is 0 Å². The second-order valence-electron chi connectivity index (χ2n) is 6.35. The molecule has 0 spiro atoms. The second-order valence-corrected chi connectivity index (χ2v) is 11.3. The largest absolute Gasteiger partial charge is 0.490 e. The number of anilines is 1. The van der Waals surface area contributed by atoms with Crippen LogP contribution in [0.5, 0.6) is 0 Å². The number of hydrogen-bond donors (Lipinski definition) is 6. The first-order chi connectivity index (χ1) is 14.9. The van der Waals surface area contributed by atoms with E-state index < -0.39 is 58.6 Å². The predicted octanol–water partition coefficient (Wildman–Crippen LogP) is -0.789. The summed E-state index contributed by atoms with van der Waals surface area (Å²) in [6.07, 6.45) is -5.73. The molecule has 1 saturated heterocycles. The molecule has 7 atom stereocenters. The Hall–Kier alpha value is -1.21. The molecule has 0 saturated carbocycles. The molecular formula is C12H18ClN4O13P3. The monoisotopic (exact) mass is 554 g/mol. The van der Waals surface area contributed by atoms with E-state index in [1.165, 1.54) is 6.92 Å². The number of ether oxygens (including phenoxy) is 1. The number of nitrogens with two attached hydrogens (primary N) is 1. The molecule has 0 aromatic carbocycles. The summed E-state index contributed by atoms with van der Waals surface area (Å²) in [7, 11) is -16.9. The Labute approximate surface area is 189 Å². The lowest BCUT2D eigenvalue weighted by atomic mass is 9.97. The molecule has 1 aliphatic heterocycles. The van der Waals surface area contributed by atoms with Crippen molar-refractivity contribution in [2.24, 2.45) is 0 Å². The lowest BCUT2D eigenvalue weighted by Crippen LogP contribution is -2.45. The van der Waals surface area contributed by atoms with E-state index in [-0.39, 0.29) is 5.82 Å². The molecule has 7 N–H and O–H groups in total. The maximum Gasteiger partial charge on any atom is 0.490 e. The number of rotatable bonds is 8.